The van der Waals surface area contributed by atoms with Crippen LogP contribution in [0, 0.1) is 0 Å². The molecule has 38 heavy (non-hydrogen) atoms. The highest BCUT2D eigenvalue weighted by atomic mass is 16.5. The number of imidazole rings is 1. The molecule has 1 fully saturated rings. The maximum atomic E-state index is 12.5. The zero-order chi connectivity index (χ0) is 26.9. The first-order valence-corrected chi connectivity index (χ1v) is 13.8. The average molecular weight is 528 g/mol. The zero-order valence-corrected chi connectivity index (χ0v) is 22.7. The molecule has 1 aliphatic carbocycles. The van der Waals surface area contributed by atoms with E-state index >= 15 is 0 Å². The van der Waals surface area contributed by atoms with E-state index in [1.54, 1.807) is 4.57 Å². The number of nitrogen functional groups attached to an aromatic ring is 1. The standard InChI is InChI=1S/C27H41N7O4/c1-3-4-17-38-26-30-24(28)23-25(31-26)34(27(36)29-23)12-7-5-6-11-32-13-15-33(16-14-32)21-10-8-9-20(18-21)19-22(35)37-2/h8-9,18,21H,3-7,10-17,19H2,1-2H3,(H,29,36)(H2,28,30,31). The van der Waals surface area contributed by atoms with Crippen molar-refractivity contribution >= 4 is 23.0 Å². The number of H-pyrrole nitrogens is 1. The second-order valence-electron chi connectivity index (χ2n) is 10.0. The van der Waals surface area contributed by atoms with Crippen LogP contribution >= 0.6 is 0 Å². The molecular formula is C27H41N7O4. The molecule has 1 unspecified atom stereocenters. The van der Waals surface area contributed by atoms with E-state index in [0.717, 1.165) is 76.8 Å². The summed E-state index contributed by atoms with van der Waals surface area (Å²) in [6, 6.07) is 0.571. The largest absolute Gasteiger partial charge is 0.469 e. The van der Waals surface area contributed by atoms with Crippen molar-refractivity contribution in [3.05, 3.63) is 34.3 Å². The minimum absolute atomic E-state index is 0.195. The SMILES string of the molecule is CCCCOc1nc(N)c2[nH]c(=O)n(CCCCCN3CCN(C4C=C(CC(=O)OC)C=CC4)CC3)c2n1. The van der Waals surface area contributed by atoms with Gasteiger partial charge in [0.05, 0.1) is 20.1 Å². The number of nitrogens with two attached hydrogens (primary N) is 1. The third-order valence-corrected chi connectivity index (χ3v) is 7.28. The second kappa shape index (κ2) is 13.6. The van der Waals surface area contributed by atoms with Gasteiger partial charge in [-0.05, 0) is 37.8 Å². The van der Waals surface area contributed by atoms with E-state index in [1.165, 1.54) is 7.11 Å². The van der Waals surface area contributed by atoms with Crippen LogP contribution in [0.15, 0.2) is 28.6 Å². The van der Waals surface area contributed by atoms with Crippen LogP contribution in [0.1, 0.15) is 51.9 Å². The van der Waals surface area contributed by atoms with Gasteiger partial charge in [-0.3, -0.25) is 14.3 Å². The third-order valence-electron chi connectivity index (χ3n) is 7.28. The van der Waals surface area contributed by atoms with E-state index in [2.05, 4.69) is 43.8 Å². The molecule has 1 aliphatic heterocycles. The van der Waals surface area contributed by atoms with Crippen LogP contribution in [0.2, 0.25) is 0 Å². The number of carbonyl (C=O) groups excluding carboxylic acids is 1. The van der Waals surface area contributed by atoms with Gasteiger partial charge >= 0.3 is 17.7 Å². The maximum Gasteiger partial charge on any atom is 0.327 e. The summed E-state index contributed by atoms with van der Waals surface area (Å²) in [5, 5.41) is 0. The fraction of sp³-hybridized carbons (Fsp3) is 0.630. The van der Waals surface area contributed by atoms with Crippen molar-refractivity contribution in [1.29, 1.82) is 0 Å². The number of aryl methyl sites for hydroxylation is 1. The number of methoxy groups -OCH3 is 1. The van der Waals surface area contributed by atoms with E-state index in [-0.39, 0.29) is 23.5 Å². The number of nitrogens with one attached hydrogen (secondary N) is 1. The number of unbranched alkanes of at least 4 members (excludes halogenated alkanes) is 3. The van der Waals surface area contributed by atoms with Crippen LogP contribution in [0.3, 0.4) is 0 Å². The monoisotopic (exact) mass is 527 g/mol. The number of hydrogen-bond acceptors (Lipinski definition) is 9. The Hall–Kier alpha value is -3.18. The normalized spacial score (nSPS) is 18.6. The number of anilines is 1. The lowest BCUT2D eigenvalue weighted by Gasteiger charge is -2.39. The molecule has 3 heterocycles. The smallest absolute Gasteiger partial charge is 0.327 e. The fourth-order valence-corrected chi connectivity index (χ4v) is 5.05. The second-order valence-corrected chi connectivity index (χ2v) is 10.0. The van der Waals surface area contributed by atoms with Crippen LogP contribution in [0.25, 0.3) is 11.2 Å². The molecule has 208 valence electrons. The summed E-state index contributed by atoms with van der Waals surface area (Å²) in [4.78, 5) is 40.6. The molecule has 0 amide bonds. The van der Waals surface area contributed by atoms with Crippen LogP contribution in [-0.2, 0) is 16.1 Å². The van der Waals surface area contributed by atoms with Gasteiger partial charge in [0.1, 0.15) is 5.52 Å². The number of nitrogens with zero attached hydrogens (tertiary/aromatic N) is 5. The van der Waals surface area contributed by atoms with Crippen LogP contribution in [0.5, 0.6) is 6.01 Å². The minimum atomic E-state index is -0.218. The van der Waals surface area contributed by atoms with Gasteiger partial charge in [-0.1, -0.05) is 38.0 Å². The third kappa shape index (κ3) is 7.22. The number of hydrogen-bond donors (Lipinski definition) is 2. The van der Waals surface area contributed by atoms with Gasteiger partial charge in [-0.2, -0.15) is 9.97 Å². The highest BCUT2D eigenvalue weighted by molar-refractivity contribution is 5.81. The Morgan fingerprint density at radius 1 is 1.13 bits per heavy atom. The van der Waals surface area contributed by atoms with E-state index in [0.29, 0.717) is 36.8 Å². The van der Waals surface area contributed by atoms with E-state index in [9.17, 15) is 9.59 Å². The molecule has 4 rings (SSSR count). The lowest BCUT2D eigenvalue weighted by molar-refractivity contribution is -0.139. The summed E-state index contributed by atoms with van der Waals surface area (Å²) in [5.41, 5.74) is 7.84. The summed E-state index contributed by atoms with van der Waals surface area (Å²) < 4.78 is 12.1. The van der Waals surface area contributed by atoms with Gasteiger partial charge in [0, 0.05) is 38.8 Å². The van der Waals surface area contributed by atoms with Gasteiger partial charge in [0.2, 0.25) is 0 Å². The number of esters is 1. The lowest BCUT2D eigenvalue weighted by Crippen LogP contribution is -2.50. The van der Waals surface area contributed by atoms with Crippen molar-refractivity contribution in [2.24, 2.45) is 0 Å². The molecule has 11 nitrogen and oxygen atoms in total. The van der Waals surface area contributed by atoms with Crippen molar-refractivity contribution < 1.29 is 14.3 Å². The highest BCUT2D eigenvalue weighted by Gasteiger charge is 2.23. The van der Waals surface area contributed by atoms with Crippen molar-refractivity contribution in [1.82, 2.24) is 29.3 Å². The predicted molar refractivity (Wildman–Crippen MR) is 147 cm³/mol. The van der Waals surface area contributed by atoms with Crippen molar-refractivity contribution in [3.8, 4) is 6.01 Å². The van der Waals surface area contributed by atoms with Gasteiger partial charge < -0.3 is 25.1 Å². The molecule has 0 radical (unpaired) electrons. The first kappa shape index (κ1) is 27.8. The predicted octanol–water partition coefficient (Wildman–Crippen LogP) is 2.49. The summed E-state index contributed by atoms with van der Waals surface area (Å²) in [6.45, 7) is 8.36. The van der Waals surface area contributed by atoms with E-state index in [4.69, 9.17) is 15.2 Å². The number of aromatic nitrogens is 4. The molecule has 0 aromatic carbocycles. The summed E-state index contributed by atoms with van der Waals surface area (Å²) >= 11 is 0. The maximum absolute atomic E-state index is 12.5. The number of fused-ring (bicyclic) bond motifs is 1. The molecule has 3 N–H and O–H groups in total. The summed E-state index contributed by atoms with van der Waals surface area (Å²) in [7, 11) is 1.43. The number of aromatic amines is 1. The Kier molecular flexibility index (Phi) is 9.94. The molecule has 2 aromatic rings. The quantitative estimate of drug-likeness (QED) is 0.298. The van der Waals surface area contributed by atoms with E-state index in [1.807, 2.05) is 6.08 Å². The molecular weight excluding hydrogens is 486 g/mol. The topological polar surface area (TPSA) is 132 Å². The van der Waals surface area contributed by atoms with Crippen LogP contribution in [0.4, 0.5) is 5.82 Å². The van der Waals surface area contributed by atoms with Gasteiger partial charge in [-0.15, -0.1) is 0 Å². The Balaban J connectivity index is 1.20. The number of ether oxygens (including phenoxy) is 2. The van der Waals surface area contributed by atoms with Crippen molar-refractivity contribution in [3.63, 3.8) is 0 Å². The van der Waals surface area contributed by atoms with Crippen LogP contribution in [-0.4, -0.2) is 87.8 Å². The fourth-order valence-electron chi connectivity index (χ4n) is 5.05. The summed E-state index contributed by atoms with van der Waals surface area (Å²) in [5.74, 6) is 0.0374. The van der Waals surface area contributed by atoms with Gasteiger partial charge in [-0.25, -0.2) is 4.79 Å². The molecule has 0 spiro atoms. The molecule has 1 atom stereocenters. The van der Waals surface area contributed by atoms with E-state index < -0.39 is 0 Å². The number of rotatable bonds is 13. The Morgan fingerprint density at radius 3 is 2.68 bits per heavy atom. The molecule has 0 bridgehead atoms. The number of piperazine rings is 1. The first-order valence-electron chi connectivity index (χ1n) is 13.8. The van der Waals surface area contributed by atoms with Crippen LogP contribution < -0.4 is 16.2 Å². The zero-order valence-electron chi connectivity index (χ0n) is 22.7. The lowest BCUT2D eigenvalue weighted by atomic mass is 9.98. The van der Waals surface area contributed by atoms with Gasteiger partial charge in [0.15, 0.2) is 11.5 Å². The molecule has 2 aliphatic rings. The minimum Gasteiger partial charge on any atom is -0.469 e. The Labute approximate surface area is 223 Å². The first-order chi connectivity index (χ1) is 18.5. The Bertz CT molecular complexity index is 1190. The molecule has 1 saturated heterocycles. The molecule has 2 aromatic heterocycles. The average Bonchev–Trinajstić information content (AvgIpc) is 3.24. The molecule has 0 saturated carbocycles. The molecule has 11 heteroatoms. The number of carbonyl (C=O) groups is 1. The number of allylic oxidation sites excluding steroid dienone is 1. The van der Waals surface area contributed by atoms with Crippen molar-refractivity contribution in [2.45, 2.75) is 64.5 Å². The highest BCUT2D eigenvalue weighted by Crippen LogP contribution is 2.21. The Morgan fingerprint density at radius 2 is 1.92 bits per heavy atom. The van der Waals surface area contributed by atoms with Gasteiger partial charge in [0.25, 0.3) is 0 Å². The van der Waals surface area contributed by atoms with Crippen molar-refractivity contribution in [2.75, 3.05) is 52.2 Å². The summed E-state index contributed by atoms with van der Waals surface area (Å²) in [6.07, 6.45) is 12.6.